The molecule has 0 saturated heterocycles. The van der Waals surface area contributed by atoms with Crippen LogP contribution in [0.1, 0.15) is 61.0 Å². The molecule has 1 heterocycles. The van der Waals surface area contributed by atoms with E-state index in [2.05, 4.69) is 24.9 Å². The molecule has 0 fully saturated rings. The summed E-state index contributed by atoms with van der Waals surface area (Å²) in [6.07, 6.45) is 1.31. The molecule has 0 bridgehead atoms. The number of hydrogen-bond acceptors (Lipinski definition) is 5. The Balaban J connectivity index is 2.23. The van der Waals surface area contributed by atoms with E-state index < -0.39 is 10.7 Å². The fraction of sp³-hybridized carbons (Fsp3) is 0.368. The number of hydrogen-bond donors (Lipinski definition) is 0. The Morgan fingerprint density at radius 3 is 2.52 bits per heavy atom. The fourth-order valence-electron chi connectivity index (χ4n) is 2.52. The van der Waals surface area contributed by atoms with Crippen LogP contribution in [0, 0.1) is 10.1 Å². The van der Waals surface area contributed by atoms with Crippen molar-refractivity contribution in [3.63, 3.8) is 0 Å². The quantitative estimate of drug-likeness (QED) is 0.420. The molecule has 0 N–H and O–H groups in total. The molecule has 2 rings (SSSR count). The zero-order valence-electron chi connectivity index (χ0n) is 14.9. The third-order valence-electron chi connectivity index (χ3n) is 3.95. The summed E-state index contributed by atoms with van der Waals surface area (Å²) in [7, 11) is 0. The maximum atomic E-state index is 12.6. The van der Waals surface area contributed by atoms with E-state index in [-0.39, 0.29) is 24.1 Å². The largest absolute Gasteiger partial charge is 0.477 e. The third-order valence-corrected chi connectivity index (χ3v) is 3.95. The van der Waals surface area contributed by atoms with E-state index in [1.54, 1.807) is 0 Å². The number of rotatable bonds is 7. The first-order chi connectivity index (χ1) is 11.8. The minimum Gasteiger partial charge on any atom is -0.477 e. The van der Waals surface area contributed by atoms with Crippen molar-refractivity contribution in [2.45, 2.75) is 39.5 Å². The van der Waals surface area contributed by atoms with E-state index >= 15 is 0 Å². The second-order valence-electron chi connectivity index (χ2n) is 6.45. The van der Waals surface area contributed by atoms with Crippen LogP contribution in [0.5, 0.6) is 5.75 Å². The molecule has 2 aromatic rings. The predicted octanol–water partition coefficient (Wildman–Crippen LogP) is 4.50. The normalized spacial score (nSPS) is 11.0. The van der Waals surface area contributed by atoms with Gasteiger partial charge in [0.15, 0.2) is 12.4 Å². The Hall–Kier alpha value is -2.76. The minimum absolute atomic E-state index is 0.00857. The molecule has 0 aliphatic heterocycles. The highest BCUT2D eigenvalue weighted by molar-refractivity contribution is 5.99. The number of pyridine rings is 1. The average molecular weight is 342 g/mol. The zero-order chi connectivity index (χ0) is 18.6. The summed E-state index contributed by atoms with van der Waals surface area (Å²) in [6.45, 7) is 8.00. The summed E-state index contributed by atoms with van der Waals surface area (Å²) in [6, 6.07) is 8.77. The highest BCUT2D eigenvalue weighted by atomic mass is 16.6. The van der Waals surface area contributed by atoms with Crippen LogP contribution in [0.4, 0.5) is 5.82 Å². The van der Waals surface area contributed by atoms with Crippen LogP contribution < -0.4 is 4.74 Å². The number of nitrogens with zero attached hydrogens (tertiary/aromatic N) is 2. The van der Waals surface area contributed by atoms with Gasteiger partial charge in [-0.3, -0.25) is 4.79 Å². The van der Waals surface area contributed by atoms with Crippen LogP contribution in [-0.4, -0.2) is 22.3 Å². The first kappa shape index (κ1) is 18.6. The monoisotopic (exact) mass is 342 g/mol. The van der Waals surface area contributed by atoms with Crippen molar-refractivity contribution in [2.24, 2.45) is 0 Å². The zero-order valence-corrected chi connectivity index (χ0v) is 14.9. The van der Waals surface area contributed by atoms with Gasteiger partial charge in [0.05, 0.1) is 0 Å². The summed E-state index contributed by atoms with van der Waals surface area (Å²) in [5.74, 6) is -0.0567. The topological polar surface area (TPSA) is 82.3 Å². The average Bonchev–Trinajstić information content (AvgIpc) is 2.59. The molecule has 0 aliphatic rings. The van der Waals surface area contributed by atoms with Gasteiger partial charge in [-0.05, 0) is 45.0 Å². The minimum atomic E-state index is -0.628. The van der Waals surface area contributed by atoms with Crippen LogP contribution >= 0.6 is 0 Å². The van der Waals surface area contributed by atoms with Crippen LogP contribution in [0.2, 0.25) is 0 Å². The second kappa shape index (κ2) is 7.88. The summed E-state index contributed by atoms with van der Waals surface area (Å²) < 4.78 is 5.37. The molecular weight excluding hydrogens is 320 g/mol. The van der Waals surface area contributed by atoms with Crippen molar-refractivity contribution < 1.29 is 14.5 Å². The van der Waals surface area contributed by atoms with E-state index in [1.807, 2.05) is 26.0 Å². The first-order valence-corrected chi connectivity index (χ1v) is 8.20. The van der Waals surface area contributed by atoms with Crippen LogP contribution in [0.25, 0.3) is 0 Å². The van der Waals surface area contributed by atoms with Gasteiger partial charge in [0, 0.05) is 5.56 Å². The van der Waals surface area contributed by atoms with Crippen molar-refractivity contribution in [2.75, 3.05) is 6.61 Å². The number of nitro groups is 1. The van der Waals surface area contributed by atoms with Gasteiger partial charge in [-0.2, -0.15) is 0 Å². The molecule has 6 nitrogen and oxygen atoms in total. The Labute approximate surface area is 147 Å². The van der Waals surface area contributed by atoms with E-state index in [4.69, 9.17) is 4.74 Å². The lowest BCUT2D eigenvalue weighted by Gasteiger charge is -2.16. The molecule has 0 unspecified atom stereocenters. The Morgan fingerprint density at radius 2 is 1.92 bits per heavy atom. The maximum absolute atomic E-state index is 12.6. The first-order valence-electron chi connectivity index (χ1n) is 8.20. The highest BCUT2D eigenvalue weighted by Gasteiger charge is 2.19. The van der Waals surface area contributed by atoms with Crippen LogP contribution in [0.15, 0.2) is 36.5 Å². The maximum Gasteiger partial charge on any atom is 0.406 e. The third kappa shape index (κ3) is 4.41. The molecule has 25 heavy (non-hydrogen) atoms. The van der Waals surface area contributed by atoms with Gasteiger partial charge in [-0.15, -0.1) is 0 Å². The van der Waals surface area contributed by atoms with Crippen LogP contribution in [0.3, 0.4) is 0 Å². The molecule has 0 saturated carbocycles. The molecule has 1 aromatic carbocycles. The van der Waals surface area contributed by atoms with Gasteiger partial charge in [-0.25, -0.2) is 0 Å². The van der Waals surface area contributed by atoms with Gasteiger partial charge >= 0.3 is 5.82 Å². The number of carbonyl (C=O) groups excluding carboxylic acids is 1. The van der Waals surface area contributed by atoms with E-state index in [0.717, 1.165) is 5.56 Å². The van der Waals surface area contributed by atoms with E-state index in [9.17, 15) is 14.9 Å². The molecule has 0 atom stereocenters. The number of ether oxygens (including phenoxy) is 1. The molecule has 1 aromatic heterocycles. The lowest BCUT2D eigenvalue weighted by atomic mass is 9.90. The number of benzene rings is 1. The predicted molar refractivity (Wildman–Crippen MR) is 95.3 cm³/mol. The molecular formula is C19H22N2O4. The Morgan fingerprint density at radius 1 is 1.20 bits per heavy atom. The molecule has 0 spiro atoms. The standard InChI is InChI=1S/C19H22N2O4/c1-12(2)14-7-8-15(16(10-14)13(3)4)17(22)11-25-18-6-5-9-20-19(18)21(23)24/h5-10,12-13H,11H2,1-4H3. The Bertz CT molecular complexity index is 785. The van der Waals surface area contributed by atoms with Crippen molar-refractivity contribution in [1.29, 1.82) is 0 Å². The van der Waals surface area contributed by atoms with Gasteiger partial charge in [0.2, 0.25) is 5.75 Å². The summed E-state index contributed by atoms with van der Waals surface area (Å²) in [5.41, 5.74) is 2.72. The van der Waals surface area contributed by atoms with Gasteiger partial charge in [0.1, 0.15) is 6.20 Å². The lowest BCUT2D eigenvalue weighted by molar-refractivity contribution is -0.390. The number of carbonyl (C=O) groups is 1. The SMILES string of the molecule is CC(C)c1ccc(C(=O)COc2cccnc2[N+](=O)[O-])c(C(C)C)c1. The summed E-state index contributed by atoms with van der Waals surface area (Å²) in [4.78, 5) is 26.6. The number of Topliss-reactive ketones (excluding diaryl/α,β-unsaturated/α-hetero) is 1. The van der Waals surface area contributed by atoms with Gasteiger partial charge in [0.25, 0.3) is 0 Å². The van der Waals surface area contributed by atoms with Crippen molar-refractivity contribution in [3.8, 4) is 5.75 Å². The highest BCUT2D eigenvalue weighted by Crippen LogP contribution is 2.27. The molecule has 132 valence electrons. The molecule has 0 aliphatic carbocycles. The summed E-state index contributed by atoms with van der Waals surface area (Å²) in [5, 5.41) is 11.0. The number of ketones is 1. The lowest BCUT2D eigenvalue weighted by Crippen LogP contribution is -2.15. The number of aromatic nitrogens is 1. The smallest absolute Gasteiger partial charge is 0.406 e. The van der Waals surface area contributed by atoms with Crippen molar-refractivity contribution in [3.05, 3.63) is 63.3 Å². The molecule has 0 amide bonds. The van der Waals surface area contributed by atoms with Gasteiger partial charge < -0.3 is 14.9 Å². The second-order valence-corrected chi connectivity index (χ2v) is 6.45. The van der Waals surface area contributed by atoms with Gasteiger partial charge in [-0.1, -0.05) is 45.9 Å². The summed E-state index contributed by atoms with van der Waals surface area (Å²) >= 11 is 0. The van der Waals surface area contributed by atoms with Crippen molar-refractivity contribution in [1.82, 2.24) is 4.98 Å². The van der Waals surface area contributed by atoms with E-state index in [1.165, 1.54) is 23.9 Å². The Kier molecular flexibility index (Phi) is 5.85. The van der Waals surface area contributed by atoms with Crippen molar-refractivity contribution >= 4 is 11.6 Å². The van der Waals surface area contributed by atoms with Crippen LogP contribution in [-0.2, 0) is 0 Å². The fourth-order valence-corrected chi connectivity index (χ4v) is 2.52. The van der Waals surface area contributed by atoms with E-state index in [0.29, 0.717) is 11.5 Å². The molecule has 6 heteroatoms. The molecule has 0 radical (unpaired) electrons.